The second-order valence-electron chi connectivity index (χ2n) is 5.98. The van der Waals surface area contributed by atoms with Crippen molar-refractivity contribution in [3.8, 4) is 0 Å². The lowest BCUT2D eigenvalue weighted by Crippen LogP contribution is -2.14. The number of hydrogen-bond acceptors (Lipinski definition) is 2. The van der Waals surface area contributed by atoms with Crippen molar-refractivity contribution in [3.05, 3.63) is 77.4 Å². The summed E-state index contributed by atoms with van der Waals surface area (Å²) < 4.78 is 0. The fourth-order valence-corrected chi connectivity index (χ4v) is 3.52. The van der Waals surface area contributed by atoms with E-state index in [1.54, 1.807) is 11.8 Å². The van der Waals surface area contributed by atoms with E-state index in [1.807, 2.05) is 18.2 Å². The van der Waals surface area contributed by atoms with Crippen molar-refractivity contribution in [2.24, 2.45) is 0 Å². The Morgan fingerprint density at radius 3 is 2.58 bits per heavy atom. The molecule has 0 aliphatic carbocycles. The number of amides is 1. The number of rotatable bonds is 5. The van der Waals surface area contributed by atoms with Crippen molar-refractivity contribution in [1.29, 1.82) is 0 Å². The quantitative estimate of drug-likeness (QED) is 0.683. The van der Waals surface area contributed by atoms with Crippen LogP contribution in [0.5, 0.6) is 0 Å². The molecule has 3 aromatic carbocycles. The standard InChI is InChI=1S/C21H21NOS/c1-15-10-11-19(12-16(15)2)22-21(23)14-24-13-18-8-5-7-17-6-3-4-9-20(17)18/h3-12H,13-14H2,1-2H3,(H,22,23). The maximum Gasteiger partial charge on any atom is 0.234 e. The Morgan fingerprint density at radius 2 is 1.75 bits per heavy atom. The van der Waals surface area contributed by atoms with E-state index in [-0.39, 0.29) is 5.91 Å². The SMILES string of the molecule is Cc1ccc(NC(=O)CSCc2cccc3ccccc23)cc1C. The summed E-state index contributed by atoms with van der Waals surface area (Å²) >= 11 is 1.64. The zero-order valence-corrected chi connectivity index (χ0v) is 14.8. The minimum Gasteiger partial charge on any atom is -0.325 e. The van der Waals surface area contributed by atoms with Gasteiger partial charge in [0.15, 0.2) is 0 Å². The van der Waals surface area contributed by atoms with Gasteiger partial charge in [-0.1, -0.05) is 48.5 Å². The molecule has 0 aliphatic heterocycles. The molecule has 0 saturated heterocycles. The van der Waals surface area contributed by atoms with Gasteiger partial charge in [0.25, 0.3) is 0 Å². The molecule has 0 radical (unpaired) electrons. The highest BCUT2D eigenvalue weighted by Crippen LogP contribution is 2.23. The zero-order valence-electron chi connectivity index (χ0n) is 14.0. The fraction of sp³-hybridized carbons (Fsp3) is 0.190. The first-order chi connectivity index (χ1) is 11.6. The summed E-state index contributed by atoms with van der Waals surface area (Å²) in [7, 11) is 0. The van der Waals surface area contributed by atoms with Gasteiger partial charge in [-0.2, -0.15) is 0 Å². The molecular formula is C21H21NOS. The Balaban J connectivity index is 1.57. The Hall–Kier alpha value is -2.26. The summed E-state index contributed by atoms with van der Waals surface area (Å²) in [5.41, 5.74) is 4.57. The molecule has 1 N–H and O–H groups in total. The van der Waals surface area contributed by atoms with E-state index in [9.17, 15) is 4.79 Å². The number of thioether (sulfide) groups is 1. The molecule has 3 rings (SSSR count). The number of hydrogen-bond donors (Lipinski definition) is 1. The van der Waals surface area contributed by atoms with E-state index < -0.39 is 0 Å². The fourth-order valence-electron chi connectivity index (χ4n) is 2.69. The summed E-state index contributed by atoms with van der Waals surface area (Å²) in [6, 6.07) is 20.7. The first kappa shape index (κ1) is 16.6. The van der Waals surface area contributed by atoms with E-state index in [0.29, 0.717) is 5.75 Å². The molecule has 2 nitrogen and oxygen atoms in total. The molecular weight excluding hydrogens is 314 g/mol. The molecule has 0 bridgehead atoms. The lowest BCUT2D eigenvalue weighted by atomic mass is 10.1. The normalized spacial score (nSPS) is 10.8. The van der Waals surface area contributed by atoms with Gasteiger partial charge in [0, 0.05) is 11.4 Å². The molecule has 0 saturated carbocycles. The molecule has 0 heterocycles. The summed E-state index contributed by atoms with van der Waals surface area (Å²) in [6.45, 7) is 4.13. The third-order valence-corrected chi connectivity index (χ3v) is 5.14. The lowest BCUT2D eigenvalue weighted by molar-refractivity contribution is -0.113. The van der Waals surface area contributed by atoms with Crippen LogP contribution in [0.4, 0.5) is 5.69 Å². The van der Waals surface area contributed by atoms with E-state index in [0.717, 1.165) is 11.4 Å². The van der Waals surface area contributed by atoms with Crippen LogP contribution in [0.15, 0.2) is 60.7 Å². The number of fused-ring (bicyclic) bond motifs is 1. The van der Waals surface area contributed by atoms with Crippen LogP contribution >= 0.6 is 11.8 Å². The van der Waals surface area contributed by atoms with E-state index in [1.165, 1.54) is 27.5 Å². The van der Waals surface area contributed by atoms with Crippen LogP contribution in [0.1, 0.15) is 16.7 Å². The van der Waals surface area contributed by atoms with Crippen LogP contribution < -0.4 is 5.32 Å². The average Bonchev–Trinajstić information content (AvgIpc) is 2.58. The van der Waals surface area contributed by atoms with Crippen LogP contribution in [-0.4, -0.2) is 11.7 Å². The smallest absolute Gasteiger partial charge is 0.234 e. The van der Waals surface area contributed by atoms with Gasteiger partial charge in [-0.05, 0) is 53.4 Å². The number of benzene rings is 3. The van der Waals surface area contributed by atoms with Gasteiger partial charge in [0.05, 0.1) is 5.75 Å². The first-order valence-electron chi connectivity index (χ1n) is 8.05. The molecule has 0 spiro atoms. The van der Waals surface area contributed by atoms with Crippen molar-refractivity contribution in [2.75, 3.05) is 11.1 Å². The predicted octanol–water partition coefficient (Wildman–Crippen LogP) is 5.33. The highest BCUT2D eigenvalue weighted by molar-refractivity contribution is 7.99. The molecule has 0 fully saturated rings. The second-order valence-corrected chi connectivity index (χ2v) is 6.96. The summed E-state index contributed by atoms with van der Waals surface area (Å²) in [4.78, 5) is 12.1. The zero-order chi connectivity index (χ0) is 16.9. The highest BCUT2D eigenvalue weighted by Gasteiger charge is 2.05. The summed E-state index contributed by atoms with van der Waals surface area (Å²) in [5.74, 6) is 1.33. The van der Waals surface area contributed by atoms with Gasteiger partial charge in [0.1, 0.15) is 0 Å². The van der Waals surface area contributed by atoms with Gasteiger partial charge < -0.3 is 5.32 Å². The van der Waals surface area contributed by atoms with Gasteiger partial charge in [-0.15, -0.1) is 11.8 Å². The topological polar surface area (TPSA) is 29.1 Å². The first-order valence-corrected chi connectivity index (χ1v) is 9.20. The van der Waals surface area contributed by atoms with E-state index in [2.05, 4.69) is 61.6 Å². The summed E-state index contributed by atoms with van der Waals surface area (Å²) in [5, 5.41) is 5.48. The highest BCUT2D eigenvalue weighted by atomic mass is 32.2. The molecule has 0 aliphatic rings. The molecule has 0 unspecified atom stereocenters. The van der Waals surface area contributed by atoms with Crippen LogP contribution in [-0.2, 0) is 10.5 Å². The predicted molar refractivity (Wildman–Crippen MR) is 105 cm³/mol. The van der Waals surface area contributed by atoms with Crippen molar-refractivity contribution in [2.45, 2.75) is 19.6 Å². The molecule has 3 heteroatoms. The van der Waals surface area contributed by atoms with Crippen LogP contribution in [0.3, 0.4) is 0 Å². The minimum atomic E-state index is 0.0449. The van der Waals surface area contributed by atoms with Crippen LogP contribution in [0, 0.1) is 13.8 Å². The van der Waals surface area contributed by atoms with E-state index in [4.69, 9.17) is 0 Å². The van der Waals surface area contributed by atoms with Gasteiger partial charge >= 0.3 is 0 Å². The number of aryl methyl sites for hydroxylation is 2. The maximum atomic E-state index is 12.1. The monoisotopic (exact) mass is 335 g/mol. The maximum absolute atomic E-state index is 12.1. The van der Waals surface area contributed by atoms with Crippen molar-refractivity contribution >= 4 is 34.1 Å². The number of carbonyl (C=O) groups is 1. The number of carbonyl (C=O) groups excluding carboxylic acids is 1. The Labute approximate surface area is 147 Å². The van der Waals surface area contributed by atoms with Gasteiger partial charge in [-0.25, -0.2) is 0 Å². The van der Waals surface area contributed by atoms with Crippen LogP contribution in [0.2, 0.25) is 0 Å². The van der Waals surface area contributed by atoms with Gasteiger partial charge in [0.2, 0.25) is 5.91 Å². The molecule has 3 aromatic rings. The third-order valence-electron chi connectivity index (χ3n) is 4.16. The third kappa shape index (κ3) is 3.98. The Kier molecular flexibility index (Phi) is 5.21. The number of nitrogens with one attached hydrogen (secondary N) is 1. The van der Waals surface area contributed by atoms with Crippen LogP contribution in [0.25, 0.3) is 10.8 Å². The Bertz CT molecular complexity index is 867. The Morgan fingerprint density at radius 1 is 0.958 bits per heavy atom. The second kappa shape index (κ2) is 7.54. The average molecular weight is 335 g/mol. The number of anilines is 1. The molecule has 0 atom stereocenters. The lowest BCUT2D eigenvalue weighted by Gasteiger charge is -2.09. The largest absolute Gasteiger partial charge is 0.325 e. The molecule has 122 valence electrons. The molecule has 1 amide bonds. The van der Waals surface area contributed by atoms with Crippen molar-refractivity contribution in [1.82, 2.24) is 0 Å². The summed E-state index contributed by atoms with van der Waals surface area (Å²) in [6.07, 6.45) is 0. The van der Waals surface area contributed by atoms with Gasteiger partial charge in [-0.3, -0.25) is 4.79 Å². The van der Waals surface area contributed by atoms with Crippen molar-refractivity contribution in [3.63, 3.8) is 0 Å². The van der Waals surface area contributed by atoms with E-state index >= 15 is 0 Å². The van der Waals surface area contributed by atoms with Crippen molar-refractivity contribution < 1.29 is 4.79 Å². The molecule has 0 aromatic heterocycles. The minimum absolute atomic E-state index is 0.0449. The molecule has 24 heavy (non-hydrogen) atoms.